The number of rotatable bonds is 3. The summed E-state index contributed by atoms with van der Waals surface area (Å²) >= 11 is 0. The Morgan fingerprint density at radius 2 is 2.44 bits per heavy atom. The van der Waals surface area contributed by atoms with E-state index < -0.39 is 0 Å². The molecule has 5 nitrogen and oxygen atoms in total. The summed E-state index contributed by atoms with van der Waals surface area (Å²) in [6, 6.07) is 7.21. The van der Waals surface area contributed by atoms with E-state index in [1.165, 1.54) is 0 Å². The first-order valence-electron chi connectivity index (χ1n) is 4.89. The smallest absolute Gasteiger partial charge is 0.251 e. The van der Waals surface area contributed by atoms with Gasteiger partial charge in [-0.05, 0) is 18.2 Å². The van der Waals surface area contributed by atoms with E-state index in [4.69, 9.17) is 5.26 Å². The molecule has 0 unspecified atom stereocenters. The minimum Gasteiger partial charge on any atom is -0.351 e. The van der Waals surface area contributed by atoms with E-state index in [9.17, 15) is 4.79 Å². The van der Waals surface area contributed by atoms with Gasteiger partial charge in [0.1, 0.15) is 0 Å². The van der Waals surface area contributed by atoms with Crippen LogP contribution in [0.25, 0.3) is 11.0 Å². The van der Waals surface area contributed by atoms with E-state index >= 15 is 0 Å². The Bertz CT molecular complexity index is 552. The molecule has 0 atom stereocenters. The van der Waals surface area contributed by atoms with Crippen molar-refractivity contribution < 1.29 is 4.79 Å². The molecule has 0 aliphatic carbocycles. The first kappa shape index (κ1) is 10.2. The largest absolute Gasteiger partial charge is 0.351 e. The molecule has 0 spiro atoms. The molecule has 0 radical (unpaired) electrons. The third kappa shape index (κ3) is 2.01. The summed E-state index contributed by atoms with van der Waals surface area (Å²) in [5.41, 5.74) is 2.22. The van der Waals surface area contributed by atoms with Crippen LogP contribution < -0.4 is 5.32 Å². The zero-order valence-corrected chi connectivity index (χ0v) is 8.53. The van der Waals surface area contributed by atoms with Crippen LogP contribution in [0.15, 0.2) is 24.5 Å². The van der Waals surface area contributed by atoms with Crippen molar-refractivity contribution in [2.24, 2.45) is 0 Å². The summed E-state index contributed by atoms with van der Waals surface area (Å²) in [5.74, 6) is -0.174. The lowest BCUT2D eigenvalue weighted by Crippen LogP contribution is -2.24. The molecule has 0 saturated heterocycles. The van der Waals surface area contributed by atoms with E-state index in [-0.39, 0.29) is 5.91 Å². The second-order valence-electron chi connectivity index (χ2n) is 3.30. The molecule has 1 heterocycles. The quantitative estimate of drug-likeness (QED) is 0.753. The first-order valence-corrected chi connectivity index (χ1v) is 4.89. The van der Waals surface area contributed by atoms with Gasteiger partial charge in [0.2, 0.25) is 0 Å². The van der Waals surface area contributed by atoms with Gasteiger partial charge in [0.25, 0.3) is 5.91 Å². The number of hydrogen-bond acceptors (Lipinski definition) is 3. The highest BCUT2D eigenvalue weighted by Crippen LogP contribution is 2.11. The number of aromatic amines is 1. The van der Waals surface area contributed by atoms with Gasteiger partial charge in [-0.3, -0.25) is 4.79 Å². The molecule has 1 aromatic heterocycles. The van der Waals surface area contributed by atoms with E-state index in [1.807, 2.05) is 6.07 Å². The minimum absolute atomic E-state index is 0.174. The molecule has 2 N–H and O–H groups in total. The van der Waals surface area contributed by atoms with Crippen molar-refractivity contribution in [3.05, 3.63) is 30.1 Å². The summed E-state index contributed by atoms with van der Waals surface area (Å²) in [5, 5.41) is 11.0. The zero-order chi connectivity index (χ0) is 11.4. The molecule has 2 rings (SSSR count). The maximum atomic E-state index is 11.6. The van der Waals surface area contributed by atoms with Crippen molar-refractivity contribution in [2.45, 2.75) is 6.42 Å². The Balaban J connectivity index is 2.13. The predicted molar refractivity (Wildman–Crippen MR) is 58.7 cm³/mol. The van der Waals surface area contributed by atoms with Crippen molar-refractivity contribution in [3.63, 3.8) is 0 Å². The third-order valence-electron chi connectivity index (χ3n) is 2.20. The molecule has 0 fully saturated rings. The Hall–Kier alpha value is -2.35. The molecule has 5 heteroatoms. The number of fused-ring (bicyclic) bond motifs is 1. The summed E-state index contributed by atoms with van der Waals surface area (Å²) < 4.78 is 0. The lowest BCUT2D eigenvalue weighted by molar-refractivity contribution is 0.0954. The number of hydrogen-bond donors (Lipinski definition) is 2. The highest BCUT2D eigenvalue weighted by Gasteiger charge is 2.06. The Labute approximate surface area is 92.1 Å². The summed E-state index contributed by atoms with van der Waals surface area (Å²) in [4.78, 5) is 18.6. The molecule has 2 aromatic rings. The molecule has 16 heavy (non-hydrogen) atoms. The van der Waals surface area contributed by atoms with Gasteiger partial charge in [-0.1, -0.05) is 0 Å². The van der Waals surface area contributed by atoms with Gasteiger partial charge in [-0.25, -0.2) is 4.98 Å². The fourth-order valence-corrected chi connectivity index (χ4v) is 1.41. The molecular formula is C11H10N4O. The number of H-pyrrole nitrogens is 1. The van der Waals surface area contributed by atoms with Gasteiger partial charge >= 0.3 is 0 Å². The average Bonchev–Trinajstić information content (AvgIpc) is 2.76. The number of amides is 1. The summed E-state index contributed by atoms with van der Waals surface area (Å²) in [6.07, 6.45) is 1.90. The van der Waals surface area contributed by atoms with Crippen LogP contribution in [0.5, 0.6) is 0 Å². The van der Waals surface area contributed by atoms with Crippen LogP contribution in [-0.2, 0) is 0 Å². The lowest BCUT2D eigenvalue weighted by atomic mass is 10.2. The van der Waals surface area contributed by atoms with Crippen molar-refractivity contribution in [1.82, 2.24) is 15.3 Å². The van der Waals surface area contributed by atoms with Gasteiger partial charge in [0.15, 0.2) is 0 Å². The van der Waals surface area contributed by atoms with Crippen molar-refractivity contribution in [3.8, 4) is 6.07 Å². The average molecular weight is 214 g/mol. The second-order valence-corrected chi connectivity index (χ2v) is 3.30. The number of carbonyl (C=O) groups excluding carboxylic acids is 1. The molecule has 0 bridgehead atoms. The number of benzene rings is 1. The van der Waals surface area contributed by atoms with Gasteiger partial charge in [0, 0.05) is 12.1 Å². The highest BCUT2D eigenvalue weighted by atomic mass is 16.1. The fraction of sp³-hybridized carbons (Fsp3) is 0.182. The van der Waals surface area contributed by atoms with E-state index in [2.05, 4.69) is 15.3 Å². The standard InChI is InChI=1S/C11H10N4O/c12-4-1-5-13-11(16)8-2-3-9-10(6-8)15-7-14-9/h2-3,6-7H,1,5H2,(H,13,16)(H,14,15). The van der Waals surface area contributed by atoms with Gasteiger partial charge in [-0.15, -0.1) is 0 Å². The molecule has 80 valence electrons. The molecule has 1 amide bonds. The van der Waals surface area contributed by atoms with Crippen LogP contribution in [0.4, 0.5) is 0 Å². The number of nitrogens with zero attached hydrogens (tertiary/aromatic N) is 2. The van der Waals surface area contributed by atoms with Crippen molar-refractivity contribution >= 4 is 16.9 Å². The maximum Gasteiger partial charge on any atom is 0.251 e. The fourth-order valence-electron chi connectivity index (χ4n) is 1.41. The van der Waals surface area contributed by atoms with Crippen LogP contribution in [0.3, 0.4) is 0 Å². The monoisotopic (exact) mass is 214 g/mol. The second kappa shape index (κ2) is 4.45. The SMILES string of the molecule is N#CCCNC(=O)c1ccc2nc[nH]c2c1. The first-order chi connectivity index (χ1) is 7.81. The minimum atomic E-state index is -0.174. The lowest BCUT2D eigenvalue weighted by Gasteiger charge is -2.02. The number of nitriles is 1. The number of imidazole rings is 1. The topological polar surface area (TPSA) is 81.6 Å². The molecule has 0 saturated carbocycles. The number of carbonyl (C=O) groups is 1. The summed E-state index contributed by atoms with van der Waals surface area (Å²) in [7, 11) is 0. The highest BCUT2D eigenvalue weighted by molar-refractivity contribution is 5.97. The van der Waals surface area contributed by atoms with Crippen LogP contribution >= 0.6 is 0 Å². The van der Waals surface area contributed by atoms with Crippen LogP contribution in [0.2, 0.25) is 0 Å². The predicted octanol–water partition coefficient (Wildman–Crippen LogP) is 1.21. The Kier molecular flexibility index (Phi) is 2.83. The maximum absolute atomic E-state index is 11.6. The van der Waals surface area contributed by atoms with Gasteiger partial charge in [0.05, 0.1) is 29.9 Å². The Morgan fingerprint density at radius 3 is 3.25 bits per heavy atom. The molecular weight excluding hydrogens is 204 g/mol. The Morgan fingerprint density at radius 1 is 1.56 bits per heavy atom. The summed E-state index contributed by atoms with van der Waals surface area (Å²) in [6.45, 7) is 0.371. The van der Waals surface area contributed by atoms with Gasteiger partial charge in [-0.2, -0.15) is 5.26 Å². The van der Waals surface area contributed by atoms with Crippen molar-refractivity contribution in [2.75, 3.05) is 6.54 Å². The third-order valence-corrected chi connectivity index (χ3v) is 2.20. The number of nitrogens with one attached hydrogen (secondary N) is 2. The van der Waals surface area contributed by atoms with Crippen LogP contribution in [-0.4, -0.2) is 22.4 Å². The number of aromatic nitrogens is 2. The molecule has 0 aliphatic rings. The normalized spacial score (nSPS) is 9.94. The van der Waals surface area contributed by atoms with Crippen LogP contribution in [0.1, 0.15) is 16.8 Å². The molecule has 0 aliphatic heterocycles. The van der Waals surface area contributed by atoms with Crippen LogP contribution in [0, 0.1) is 11.3 Å². The molecule has 1 aromatic carbocycles. The zero-order valence-electron chi connectivity index (χ0n) is 8.53. The van der Waals surface area contributed by atoms with E-state index in [1.54, 1.807) is 24.5 Å². The van der Waals surface area contributed by atoms with Gasteiger partial charge < -0.3 is 10.3 Å². The van der Waals surface area contributed by atoms with E-state index in [0.29, 0.717) is 18.5 Å². The van der Waals surface area contributed by atoms with E-state index in [0.717, 1.165) is 11.0 Å². The van der Waals surface area contributed by atoms with Crippen molar-refractivity contribution in [1.29, 1.82) is 5.26 Å².